The van der Waals surface area contributed by atoms with E-state index in [1.165, 1.54) is 0 Å². The van der Waals surface area contributed by atoms with E-state index < -0.39 is 5.91 Å². The highest BCUT2D eigenvalue weighted by Crippen LogP contribution is 2.34. The Kier molecular flexibility index (Phi) is 4.42. The average molecular weight is 325 g/mol. The maximum atomic E-state index is 11.7. The lowest BCUT2D eigenvalue weighted by molar-refractivity contribution is 0.0997. The summed E-state index contributed by atoms with van der Waals surface area (Å²) in [5, 5.41) is 0. The molecule has 24 heavy (non-hydrogen) atoms. The fourth-order valence-corrected chi connectivity index (χ4v) is 3.20. The molecule has 0 bridgehead atoms. The minimum atomic E-state index is -0.541. The van der Waals surface area contributed by atoms with E-state index in [1.807, 2.05) is 37.3 Å². The molecule has 0 spiro atoms. The summed E-state index contributed by atoms with van der Waals surface area (Å²) in [6, 6.07) is 11.6. The van der Waals surface area contributed by atoms with Crippen LogP contribution in [0, 0.1) is 12.8 Å². The first kappa shape index (κ1) is 16.3. The molecule has 2 unspecified atom stereocenters. The molecule has 1 aromatic carbocycles. The van der Waals surface area contributed by atoms with E-state index >= 15 is 0 Å². The molecule has 0 radical (unpaired) electrons. The number of carbonyl (C=O) groups excluding carboxylic acids is 1. The predicted molar refractivity (Wildman–Crippen MR) is 94.6 cm³/mol. The molecule has 1 fully saturated rings. The van der Waals surface area contributed by atoms with Gasteiger partial charge in [-0.1, -0.05) is 31.5 Å². The molecule has 2 aromatic rings. The number of nitrogens with zero attached hydrogens (tertiary/aromatic N) is 2. The highest BCUT2D eigenvalue weighted by molar-refractivity contribution is 5.95. The van der Waals surface area contributed by atoms with Crippen molar-refractivity contribution in [2.45, 2.75) is 33.2 Å². The van der Waals surface area contributed by atoms with Gasteiger partial charge in [-0.25, -0.2) is 0 Å². The van der Waals surface area contributed by atoms with Crippen molar-refractivity contribution in [2.24, 2.45) is 11.7 Å². The molecule has 1 amide bonds. The van der Waals surface area contributed by atoms with Crippen LogP contribution in [0.4, 0.5) is 5.82 Å². The second kappa shape index (κ2) is 6.51. The second-order valence-electron chi connectivity index (χ2n) is 6.41. The van der Waals surface area contributed by atoms with Crippen molar-refractivity contribution >= 4 is 11.7 Å². The molecule has 0 aliphatic carbocycles. The zero-order chi connectivity index (χ0) is 17.3. The molecule has 1 aromatic heterocycles. The first-order valence-corrected chi connectivity index (χ1v) is 8.31. The van der Waals surface area contributed by atoms with Crippen LogP contribution in [-0.2, 0) is 0 Å². The summed E-state index contributed by atoms with van der Waals surface area (Å²) in [4.78, 5) is 18.5. The predicted octanol–water partition coefficient (Wildman–Crippen LogP) is 3.52. The Morgan fingerprint density at radius 3 is 2.58 bits per heavy atom. The lowest BCUT2D eigenvalue weighted by Gasteiger charge is -2.47. The summed E-state index contributed by atoms with van der Waals surface area (Å²) in [5.74, 6) is 1.83. The van der Waals surface area contributed by atoms with Gasteiger partial charge in [0.15, 0.2) is 0 Å². The van der Waals surface area contributed by atoms with Crippen molar-refractivity contribution in [3.05, 3.63) is 47.5 Å². The van der Waals surface area contributed by atoms with Crippen LogP contribution in [0.15, 0.2) is 36.4 Å². The lowest BCUT2D eigenvalue weighted by Crippen LogP contribution is -2.55. The van der Waals surface area contributed by atoms with Crippen LogP contribution in [0.25, 0.3) is 0 Å². The number of rotatable bonds is 5. The number of carbonyl (C=O) groups is 1. The van der Waals surface area contributed by atoms with Gasteiger partial charge in [0, 0.05) is 12.6 Å². The van der Waals surface area contributed by atoms with Crippen LogP contribution in [-0.4, -0.2) is 23.5 Å². The van der Waals surface area contributed by atoms with E-state index in [0.717, 1.165) is 24.3 Å². The Morgan fingerprint density at radius 2 is 2.00 bits per heavy atom. The Bertz CT molecular complexity index is 743. The van der Waals surface area contributed by atoms with Gasteiger partial charge >= 0.3 is 0 Å². The Balaban J connectivity index is 1.92. The SMILES string of the molecule is CCC1C(C)CN1c1ccc(C(N)=O)c(Oc2ccc(C)cc2)n1. The van der Waals surface area contributed by atoms with E-state index in [1.54, 1.807) is 6.07 Å². The van der Waals surface area contributed by atoms with Gasteiger partial charge in [0.05, 0.1) is 0 Å². The average Bonchev–Trinajstić information content (AvgIpc) is 2.54. The fraction of sp³-hybridized carbons (Fsp3) is 0.368. The quantitative estimate of drug-likeness (QED) is 0.913. The first-order chi connectivity index (χ1) is 11.5. The van der Waals surface area contributed by atoms with Gasteiger partial charge in [-0.15, -0.1) is 0 Å². The smallest absolute Gasteiger partial charge is 0.254 e. The van der Waals surface area contributed by atoms with Crippen LogP contribution in [0.5, 0.6) is 11.6 Å². The minimum Gasteiger partial charge on any atom is -0.438 e. The molecular formula is C19H23N3O2. The first-order valence-electron chi connectivity index (χ1n) is 8.31. The zero-order valence-electron chi connectivity index (χ0n) is 14.3. The molecule has 126 valence electrons. The summed E-state index contributed by atoms with van der Waals surface area (Å²) in [6.45, 7) is 7.39. The van der Waals surface area contributed by atoms with Crippen molar-refractivity contribution in [1.82, 2.24) is 4.98 Å². The molecule has 2 atom stereocenters. The lowest BCUT2D eigenvalue weighted by atomic mass is 9.88. The van der Waals surface area contributed by atoms with Crippen LogP contribution in [0.3, 0.4) is 0 Å². The summed E-state index contributed by atoms with van der Waals surface area (Å²) in [6.07, 6.45) is 1.06. The topological polar surface area (TPSA) is 68.5 Å². The fourth-order valence-electron chi connectivity index (χ4n) is 3.20. The highest BCUT2D eigenvalue weighted by Gasteiger charge is 2.35. The van der Waals surface area contributed by atoms with Crippen molar-refractivity contribution < 1.29 is 9.53 Å². The number of aryl methyl sites for hydroxylation is 1. The van der Waals surface area contributed by atoms with E-state index in [-0.39, 0.29) is 5.88 Å². The normalized spacial score (nSPS) is 19.7. The Morgan fingerprint density at radius 1 is 1.29 bits per heavy atom. The van der Waals surface area contributed by atoms with Crippen molar-refractivity contribution in [3.8, 4) is 11.6 Å². The van der Waals surface area contributed by atoms with Gasteiger partial charge < -0.3 is 15.4 Å². The standard InChI is InChI=1S/C19H23N3O2/c1-4-16-13(3)11-22(16)17-10-9-15(18(20)23)19(21-17)24-14-7-5-12(2)6-8-14/h5-10,13,16H,4,11H2,1-3H3,(H2,20,23). The number of anilines is 1. The van der Waals surface area contributed by atoms with Gasteiger partial charge in [0.25, 0.3) is 5.91 Å². The summed E-state index contributed by atoms with van der Waals surface area (Å²) in [5.41, 5.74) is 6.90. The molecule has 1 saturated heterocycles. The zero-order valence-corrected chi connectivity index (χ0v) is 14.3. The Labute approximate surface area is 142 Å². The molecular weight excluding hydrogens is 302 g/mol. The molecule has 5 nitrogen and oxygen atoms in total. The number of pyridine rings is 1. The maximum absolute atomic E-state index is 11.7. The molecule has 1 aliphatic rings. The third-order valence-corrected chi connectivity index (χ3v) is 4.60. The van der Waals surface area contributed by atoms with Crippen molar-refractivity contribution in [1.29, 1.82) is 0 Å². The van der Waals surface area contributed by atoms with E-state index in [4.69, 9.17) is 10.5 Å². The third kappa shape index (κ3) is 3.07. The van der Waals surface area contributed by atoms with Crippen LogP contribution in [0.1, 0.15) is 36.2 Å². The number of benzene rings is 1. The molecule has 2 N–H and O–H groups in total. The molecule has 3 rings (SSSR count). The number of hydrogen-bond donors (Lipinski definition) is 1. The Hall–Kier alpha value is -2.56. The van der Waals surface area contributed by atoms with Crippen molar-refractivity contribution in [2.75, 3.05) is 11.4 Å². The second-order valence-corrected chi connectivity index (χ2v) is 6.41. The number of hydrogen-bond acceptors (Lipinski definition) is 4. The van der Waals surface area contributed by atoms with Crippen LogP contribution < -0.4 is 15.4 Å². The number of amides is 1. The monoisotopic (exact) mass is 325 g/mol. The molecule has 5 heteroatoms. The van der Waals surface area contributed by atoms with Crippen LogP contribution >= 0.6 is 0 Å². The summed E-state index contributed by atoms with van der Waals surface area (Å²) in [7, 11) is 0. The highest BCUT2D eigenvalue weighted by atomic mass is 16.5. The van der Waals surface area contributed by atoms with E-state index in [9.17, 15) is 4.79 Å². The van der Waals surface area contributed by atoms with Crippen molar-refractivity contribution in [3.63, 3.8) is 0 Å². The molecule has 0 saturated carbocycles. The number of primary amides is 1. The number of aromatic nitrogens is 1. The van der Waals surface area contributed by atoms with Gasteiger partial charge in [-0.05, 0) is 43.5 Å². The largest absolute Gasteiger partial charge is 0.438 e. The third-order valence-electron chi connectivity index (χ3n) is 4.60. The number of nitrogens with two attached hydrogens (primary N) is 1. The molecule has 1 aliphatic heterocycles. The molecule has 2 heterocycles. The minimum absolute atomic E-state index is 0.262. The van der Waals surface area contributed by atoms with Gasteiger partial charge in [0.2, 0.25) is 5.88 Å². The van der Waals surface area contributed by atoms with Crippen LogP contribution in [0.2, 0.25) is 0 Å². The van der Waals surface area contributed by atoms with E-state index in [2.05, 4.69) is 23.7 Å². The van der Waals surface area contributed by atoms with E-state index in [0.29, 0.717) is 23.3 Å². The summed E-state index contributed by atoms with van der Waals surface area (Å²) < 4.78 is 5.84. The maximum Gasteiger partial charge on any atom is 0.254 e. The summed E-state index contributed by atoms with van der Waals surface area (Å²) >= 11 is 0. The number of ether oxygens (including phenoxy) is 1. The van der Waals surface area contributed by atoms with Gasteiger partial charge in [-0.2, -0.15) is 4.98 Å². The van der Waals surface area contributed by atoms with Gasteiger partial charge in [-0.3, -0.25) is 4.79 Å². The van der Waals surface area contributed by atoms with Gasteiger partial charge in [0.1, 0.15) is 17.1 Å².